The highest BCUT2D eigenvalue weighted by atomic mass is 16.5. The van der Waals surface area contributed by atoms with E-state index in [1.165, 1.54) is 0 Å². The van der Waals surface area contributed by atoms with Crippen LogP contribution in [0, 0.1) is 0 Å². The molecule has 1 unspecified atom stereocenters. The Morgan fingerprint density at radius 1 is 1.39 bits per heavy atom. The van der Waals surface area contributed by atoms with Crippen molar-refractivity contribution in [1.29, 1.82) is 0 Å². The highest BCUT2D eigenvalue weighted by Gasteiger charge is 2.38. The van der Waals surface area contributed by atoms with Crippen LogP contribution in [0.3, 0.4) is 0 Å². The Kier molecular flexibility index (Phi) is 4.29. The molecule has 7 heteroatoms. The lowest BCUT2D eigenvalue weighted by molar-refractivity contribution is 0.0684. The molecule has 23 heavy (non-hydrogen) atoms. The zero-order valence-electron chi connectivity index (χ0n) is 13.6. The first kappa shape index (κ1) is 15.5. The van der Waals surface area contributed by atoms with Crippen molar-refractivity contribution in [2.75, 3.05) is 32.6 Å². The zero-order chi connectivity index (χ0) is 16.4. The number of ether oxygens (including phenoxy) is 1. The van der Waals surface area contributed by atoms with E-state index in [1.54, 1.807) is 30.6 Å². The van der Waals surface area contributed by atoms with E-state index in [0.717, 1.165) is 18.1 Å². The van der Waals surface area contributed by atoms with E-state index in [4.69, 9.17) is 4.74 Å². The smallest absolute Gasteiger partial charge is 0.256 e. The van der Waals surface area contributed by atoms with Gasteiger partial charge in [-0.15, -0.1) is 0 Å². The number of amides is 1. The molecular formula is C16H21N5O2. The van der Waals surface area contributed by atoms with E-state index >= 15 is 0 Å². The number of carbonyl (C=O) groups excluding carboxylic acids is 1. The molecule has 1 amide bonds. The van der Waals surface area contributed by atoms with Gasteiger partial charge in [0, 0.05) is 52.8 Å². The van der Waals surface area contributed by atoms with Crippen molar-refractivity contribution in [3.63, 3.8) is 0 Å². The quantitative estimate of drug-likeness (QED) is 0.925. The molecule has 3 rings (SSSR count). The third-order valence-corrected chi connectivity index (χ3v) is 4.14. The number of nitrogens with zero attached hydrogens (tertiary/aromatic N) is 4. The van der Waals surface area contributed by atoms with Crippen LogP contribution in [0.4, 0.5) is 5.82 Å². The molecule has 0 spiro atoms. The van der Waals surface area contributed by atoms with Gasteiger partial charge in [0.2, 0.25) is 0 Å². The number of hydrogen-bond acceptors (Lipinski definition) is 5. The Balaban J connectivity index is 1.84. The Morgan fingerprint density at radius 3 is 2.78 bits per heavy atom. The highest BCUT2D eigenvalue weighted by Crippen LogP contribution is 2.32. The van der Waals surface area contributed by atoms with Gasteiger partial charge in [0.1, 0.15) is 11.6 Å². The number of likely N-dealkylation sites (tertiary alicyclic amines) is 1. The van der Waals surface area contributed by atoms with Gasteiger partial charge in [-0.05, 0) is 12.1 Å². The molecule has 1 aliphatic rings. The van der Waals surface area contributed by atoms with Crippen LogP contribution in [-0.4, -0.2) is 59.6 Å². The molecule has 7 nitrogen and oxygen atoms in total. The summed E-state index contributed by atoms with van der Waals surface area (Å²) in [6, 6.07) is 3.55. The Hall–Kier alpha value is -2.41. The van der Waals surface area contributed by atoms with Gasteiger partial charge in [-0.2, -0.15) is 0 Å². The van der Waals surface area contributed by atoms with Crippen LogP contribution in [-0.2, 0) is 4.74 Å². The number of aromatic nitrogens is 3. The summed E-state index contributed by atoms with van der Waals surface area (Å²) in [6.45, 7) is 0.552. The fraction of sp³-hybridized carbons (Fsp3) is 0.438. The average molecular weight is 315 g/mol. The number of nitrogens with one attached hydrogen (secondary N) is 1. The summed E-state index contributed by atoms with van der Waals surface area (Å²) >= 11 is 0. The first-order chi connectivity index (χ1) is 11.1. The van der Waals surface area contributed by atoms with Crippen molar-refractivity contribution in [1.82, 2.24) is 19.9 Å². The second kappa shape index (κ2) is 6.37. The number of imidazole rings is 1. The number of hydrogen-bond donors (Lipinski definition) is 1. The van der Waals surface area contributed by atoms with Crippen molar-refractivity contribution in [2.24, 2.45) is 0 Å². The molecular weight excluding hydrogens is 294 g/mol. The monoisotopic (exact) mass is 315 g/mol. The number of methoxy groups -OCH3 is 1. The number of pyridine rings is 1. The third kappa shape index (κ3) is 3.05. The lowest BCUT2D eigenvalue weighted by Crippen LogP contribution is -2.32. The van der Waals surface area contributed by atoms with Gasteiger partial charge in [-0.25, -0.2) is 9.97 Å². The van der Waals surface area contributed by atoms with Crippen LogP contribution in [0.25, 0.3) is 0 Å². The van der Waals surface area contributed by atoms with Crippen molar-refractivity contribution in [3.8, 4) is 0 Å². The molecule has 0 radical (unpaired) electrons. The molecule has 0 aliphatic carbocycles. The van der Waals surface area contributed by atoms with Crippen molar-refractivity contribution < 1.29 is 9.53 Å². The second-order valence-corrected chi connectivity index (χ2v) is 5.84. The maximum atomic E-state index is 12.9. The molecule has 1 N–H and O–H groups in total. The first-order valence-corrected chi connectivity index (χ1v) is 7.56. The summed E-state index contributed by atoms with van der Waals surface area (Å²) in [5.74, 6) is 1.56. The molecule has 2 aromatic rings. The van der Waals surface area contributed by atoms with Gasteiger partial charge in [0.25, 0.3) is 5.91 Å². The molecule has 2 aromatic heterocycles. The van der Waals surface area contributed by atoms with Gasteiger partial charge in [-0.3, -0.25) is 4.79 Å². The lowest BCUT2D eigenvalue weighted by atomic mass is 10.1. The summed E-state index contributed by atoms with van der Waals surface area (Å²) in [6.07, 6.45) is 5.84. The number of H-pyrrole nitrogens is 1. The van der Waals surface area contributed by atoms with E-state index in [0.29, 0.717) is 12.1 Å². The standard InChI is InChI=1S/C16H21N5O2/c1-20(2)14-5-4-11(9-19-14)16(22)21-10-12(23-3)8-13(21)15-17-6-7-18-15/h4-7,9,12-13H,8,10H2,1-3H3,(H,17,18)/t12-,13?/m1/s1. The van der Waals surface area contributed by atoms with Crippen LogP contribution < -0.4 is 4.90 Å². The predicted octanol–water partition coefficient (Wildman–Crippen LogP) is 1.47. The van der Waals surface area contributed by atoms with E-state index in [1.807, 2.05) is 31.1 Å². The van der Waals surface area contributed by atoms with Crippen LogP contribution in [0.5, 0.6) is 0 Å². The normalized spacial score (nSPS) is 20.7. The SMILES string of the molecule is CO[C@@H]1CC(c2ncc[nH]2)N(C(=O)c2ccc(N(C)C)nc2)C1. The Morgan fingerprint density at radius 2 is 2.22 bits per heavy atom. The van der Waals surface area contributed by atoms with Gasteiger partial charge >= 0.3 is 0 Å². The molecule has 1 aliphatic heterocycles. The Labute approximate surface area is 135 Å². The second-order valence-electron chi connectivity index (χ2n) is 5.84. The largest absolute Gasteiger partial charge is 0.380 e. The minimum atomic E-state index is -0.101. The maximum absolute atomic E-state index is 12.9. The van der Waals surface area contributed by atoms with E-state index < -0.39 is 0 Å². The molecule has 0 aromatic carbocycles. The molecule has 0 bridgehead atoms. The van der Waals surface area contributed by atoms with Gasteiger partial charge < -0.3 is 19.5 Å². The van der Waals surface area contributed by atoms with Crippen LogP contribution in [0.2, 0.25) is 0 Å². The summed E-state index contributed by atoms with van der Waals surface area (Å²) in [5.41, 5.74) is 0.573. The van der Waals surface area contributed by atoms with E-state index in [-0.39, 0.29) is 18.1 Å². The maximum Gasteiger partial charge on any atom is 0.256 e. The molecule has 0 saturated carbocycles. The third-order valence-electron chi connectivity index (χ3n) is 4.14. The van der Waals surface area contributed by atoms with E-state index in [9.17, 15) is 4.79 Å². The topological polar surface area (TPSA) is 74.3 Å². The van der Waals surface area contributed by atoms with Crippen molar-refractivity contribution >= 4 is 11.7 Å². The van der Waals surface area contributed by atoms with Gasteiger partial charge in [-0.1, -0.05) is 0 Å². The van der Waals surface area contributed by atoms with Crippen molar-refractivity contribution in [2.45, 2.75) is 18.6 Å². The fourth-order valence-corrected chi connectivity index (χ4v) is 2.85. The lowest BCUT2D eigenvalue weighted by Gasteiger charge is -2.23. The molecule has 1 fully saturated rings. The van der Waals surface area contributed by atoms with Crippen LogP contribution in [0.15, 0.2) is 30.7 Å². The molecule has 1 saturated heterocycles. The minimum absolute atomic E-state index is 0.0167. The van der Waals surface area contributed by atoms with Gasteiger partial charge in [0.15, 0.2) is 0 Å². The predicted molar refractivity (Wildman–Crippen MR) is 86.3 cm³/mol. The number of rotatable bonds is 4. The summed E-state index contributed by atoms with van der Waals surface area (Å²) < 4.78 is 5.45. The molecule has 2 atom stereocenters. The average Bonchev–Trinajstić information content (AvgIpc) is 3.23. The van der Waals surface area contributed by atoms with E-state index in [2.05, 4.69) is 15.0 Å². The van der Waals surface area contributed by atoms with Crippen molar-refractivity contribution in [3.05, 3.63) is 42.1 Å². The molecule has 122 valence electrons. The fourth-order valence-electron chi connectivity index (χ4n) is 2.85. The molecule has 3 heterocycles. The summed E-state index contributed by atoms with van der Waals surface area (Å²) in [7, 11) is 5.51. The number of carbonyl (C=O) groups is 1. The zero-order valence-corrected chi connectivity index (χ0v) is 13.6. The van der Waals surface area contributed by atoms with Crippen LogP contribution in [0.1, 0.15) is 28.6 Å². The number of aromatic amines is 1. The summed E-state index contributed by atoms with van der Waals surface area (Å²) in [4.78, 5) is 28.3. The van der Waals surface area contributed by atoms with Gasteiger partial charge in [0.05, 0.1) is 17.7 Å². The number of anilines is 1. The van der Waals surface area contributed by atoms with Crippen LogP contribution >= 0.6 is 0 Å². The first-order valence-electron chi connectivity index (χ1n) is 7.56. The Bertz CT molecular complexity index is 654. The highest BCUT2D eigenvalue weighted by molar-refractivity contribution is 5.94. The minimum Gasteiger partial charge on any atom is -0.380 e. The summed E-state index contributed by atoms with van der Waals surface area (Å²) in [5, 5.41) is 0.